The molecule has 0 spiro atoms. The van der Waals surface area contributed by atoms with Crippen molar-refractivity contribution >= 4 is 19.6 Å². The van der Waals surface area contributed by atoms with Crippen LogP contribution in [-0.4, -0.2) is 7.12 Å². The molecule has 0 rings (SSSR count). The van der Waals surface area contributed by atoms with E-state index in [0.29, 0.717) is 0 Å². The maximum absolute atomic E-state index is 4.19. The largest absolute Gasteiger partial charge is 0.346 e. The van der Waals surface area contributed by atoms with Gasteiger partial charge < -0.3 is 13.8 Å². The molecule has 49 valence electrons. The van der Waals surface area contributed by atoms with E-state index in [9.17, 15) is 0 Å². The summed E-state index contributed by atoms with van der Waals surface area (Å²) in [5.41, 5.74) is 0. The topological polar surface area (TPSA) is 0 Å². The van der Waals surface area contributed by atoms with Gasteiger partial charge in [-0.3, -0.25) is 0 Å². The Bertz CT molecular complexity index is 12.4. The smallest absolute Gasteiger partial charge is 0.156 e. The normalized spacial score (nSPS) is 2.12. The van der Waals surface area contributed by atoms with Gasteiger partial charge >= 0.3 is 0 Å². The van der Waals surface area contributed by atoms with Crippen LogP contribution in [0.3, 0.4) is 0 Å². The number of hydrogen-bond donors (Lipinski definition) is 1. The minimum absolute atomic E-state index is 0. The van der Waals surface area contributed by atoms with Crippen molar-refractivity contribution in [1.29, 1.82) is 0 Å². The molecule has 0 nitrogen and oxygen atoms in total. The second-order valence-corrected chi connectivity index (χ2v) is 0. The van der Waals surface area contributed by atoms with E-state index in [1.165, 1.54) is 0 Å². The van der Waals surface area contributed by atoms with Crippen LogP contribution in [0.25, 0.3) is 0 Å². The molecule has 0 aromatic carbocycles. The molecule has 0 saturated heterocycles. The second-order valence-electron chi connectivity index (χ2n) is 0. The summed E-state index contributed by atoms with van der Waals surface area (Å²) in [5, 5.41) is 0. The third-order valence-corrected chi connectivity index (χ3v) is 0. The van der Waals surface area contributed by atoms with Gasteiger partial charge in [-0.2, -0.15) is 13.8 Å². The van der Waals surface area contributed by atoms with Crippen LogP contribution in [0, 0.1) is 13.8 Å². The Balaban J connectivity index is -0.00000000500. The molecule has 0 saturated carbocycles. The van der Waals surface area contributed by atoms with Crippen molar-refractivity contribution in [2.75, 3.05) is 0 Å². The van der Waals surface area contributed by atoms with E-state index >= 15 is 0 Å². The third kappa shape index (κ3) is 139. The van der Waals surface area contributed by atoms with Crippen LogP contribution in [0.4, 0.5) is 0 Å². The van der Waals surface area contributed by atoms with Gasteiger partial charge in [-0.05, 0) is 0 Å². The summed E-state index contributed by atoms with van der Waals surface area (Å²) in [6, 6.07) is 0. The van der Waals surface area contributed by atoms with Crippen LogP contribution in [0.5, 0.6) is 0 Å². The van der Waals surface area contributed by atoms with E-state index < -0.39 is 0 Å². The monoisotopic (exact) mass is 207 g/mol. The zero-order valence-corrected chi connectivity index (χ0v) is 8.75. The fraction of sp³-hybridized carbons (Fsp3) is 0.600. The number of hydrogen-bond acceptors (Lipinski definition) is 1. The molecular weight excluding hydrogens is 192 g/mol. The maximum Gasteiger partial charge on any atom is 0.156 e. The molecule has 0 amide bonds. The molecule has 0 fully saturated rings. The van der Waals surface area contributed by atoms with Gasteiger partial charge in [0.1, 0.15) is 0 Å². The molecule has 3 radical (unpaired) electrons. The summed E-state index contributed by atoms with van der Waals surface area (Å²) < 4.78 is 0. The Morgan fingerprint density at radius 1 is 1.00 bits per heavy atom. The van der Waals surface area contributed by atoms with E-state index in [1.54, 1.807) is 13.8 Å². The van der Waals surface area contributed by atoms with Crippen LogP contribution < -0.4 is 0 Å². The van der Waals surface area contributed by atoms with Gasteiger partial charge in [0, 0.05) is 32.7 Å². The first-order valence-electron chi connectivity index (χ1n) is 1.67. The van der Waals surface area contributed by atoms with E-state index in [1.807, 2.05) is 0 Å². The van der Waals surface area contributed by atoms with Gasteiger partial charge in [0.25, 0.3) is 0 Å². The van der Waals surface area contributed by atoms with Crippen molar-refractivity contribution in [3.05, 3.63) is 13.8 Å². The first-order valence-corrected chi connectivity index (χ1v) is 2.19. The fourth-order valence-electron chi connectivity index (χ4n) is 0. The van der Waals surface area contributed by atoms with Gasteiger partial charge in [-0.15, -0.1) is 0 Å². The average molecular weight is 207 g/mol. The molecule has 0 aromatic rings. The van der Waals surface area contributed by atoms with Crippen LogP contribution in [0.2, 0.25) is 0 Å². The van der Waals surface area contributed by atoms with Crippen molar-refractivity contribution in [2.45, 2.75) is 21.3 Å². The molecule has 0 bridgehead atoms. The molecule has 0 aliphatic rings. The summed E-state index contributed by atoms with van der Waals surface area (Å²) in [5.74, 6) is 0. The first-order chi connectivity index (χ1) is 3.00. The SMILES string of the molecule is C.[B]S.[CH2-]C.[CH2-]C.[Y]. The number of thiol groups is 1. The molecule has 0 aliphatic carbocycles. The summed E-state index contributed by atoms with van der Waals surface area (Å²) in [6.45, 7) is 10.0. The van der Waals surface area contributed by atoms with Crippen molar-refractivity contribution in [3.63, 3.8) is 0 Å². The Hall–Kier alpha value is 1.52. The summed E-state index contributed by atoms with van der Waals surface area (Å²) in [6.07, 6.45) is 0. The number of rotatable bonds is 0. The van der Waals surface area contributed by atoms with Gasteiger partial charge in [0.05, 0.1) is 0 Å². The summed E-state index contributed by atoms with van der Waals surface area (Å²) >= 11 is 3.03. The van der Waals surface area contributed by atoms with Crippen molar-refractivity contribution in [1.82, 2.24) is 0 Å². The quantitative estimate of drug-likeness (QED) is 0.351. The Labute approximate surface area is 86.8 Å². The van der Waals surface area contributed by atoms with Crippen LogP contribution in [0.1, 0.15) is 21.3 Å². The standard InChI is InChI=1S/2C2H5.CH4.BHS.Y/c2*1-2;;1-2;/h2*1H2,2H3;1H4;2H;/q2*-1;;;. The molecular formula is C5H15BSY-2. The van der Waals surface area contributed by atoms with Crippen molar-refractivity contribution < 1.29 is 32.7 Å². The molecule has 0 N–H and O–H groups in total. The van der Waals surface area contributed by atoms with Crippen LogP contribution in [-0.2, 0) is 32.7 Å². The van der Waals surface area contributed by atoms with Gasteiger partial charge in [-0.1, -0.05) is 7.43 Å². The summed E-state index contributed by atoms with van der Waals surface area (Å²) in [7, 11) is 4.19. The molecule has 0 aliphatic heterocycles. The van der Waals surface area contributed by atoms with Crippen molar-refractivity contribution in [2.24, 2.45) is 0 Å². The minimum Gasteiger partial charge on any atom is -0.346 e. The minimum atomic E-state index is 0. The van der Waals surface area contributed by atoms with Crippen molar-refractivity contribution in [3.8, 4) is 0 Å². The molecule has 0 heterocycles. The Morgan fingerprint density at radius 2 is 1.00 bits per heavy atom. The van der Waals surface area contributed by atoms with Crippen LogP contribution >= 0.6 is 12.5 Å². The maximum atomic E-state index is 4.19. The predicted octanol–water partition coefficient (Wildman–Crippen LogP) is 2.31. The molecule has 0 unspecified atom stereocenters. The second kappa shape index (κ2) is 209. The fourth-order valence-corrected chi connectivity index (χ4v) is 0. The Kier molecular flexibility index (Phi) is 883. The predicted molar refractivity (Wildman–Crippen MR) is 43.5 cm³/mol. The van der Waals surface area contributed by atoms with E-state index in [-0.39, 0.29) is 40.1 Å². The van der Waals surface area contributed by atoms with E-state index in [2.05, 4.69) is 33.5 Å². The zero-order valence-electron chi connectivity index (χ0n) is 5.02. The van der Waals surface area contributed by atoms with Crippen LogP contribution in [0.15, 0.2) is 0 Å². The van der Waals surface area contributed by atoms with Gasteiger partial charge in [-0.25, -0.2) is 12.5 Å². The van der Waals surface area contributed by atoms with E-state index in [4.69, 9.17) is 0 Å². The zero-order chi connectivity index (χ0) is 6.00. The average Bonchev–Trinajstić information content (AvgIpc) is 1.81. The summed E-state index contributed by atoms with van der Waals surface area (Å²) in [4.78, 5) is 0. The molecule has 3 heteroatoms. The Morgan fingerprint density at radius 3 is 1.00 bits per heavy atom. The molecule has 0 atom stereocenters. The van der Waals surface area contributed by atoms with Gasteiger partial charge in [0.15, 0.2) is 7.12 Å². The first kappa shape index (κ1) is 33.8. The molecule has 0 aromatic heterocycles. The third-order valence-electron chi connectivity index (χ3n) is 0. The van der Waals surface area contributed by atoms with Gasteiger partial charge in [0.2, 0.25) is 0 Å². The van der Waals surface area contributed by atoms with E-state index in [0.717, 1.165) is 0 Å². The molecule has 8 heavy (non-hydrogen) atoms.